The van der Waals surface area contributed by atoms with Gasteiger partial charge in [0.05, 0.1) is 6.54 Å². The Kier molecular flexibility index (Phi) is 3.45. The first kappa shape index (κ1) is 12.3. The first-order valence-corrected chi connectivity index (χ1v) is 5.70. The lowest BCUT2D eigenvalue weighted by atomic mass is 10.3. The van der Waals surface area contributed by atoms with Crippen molar-refractivity contribution in [1.82, 2.24) is 15.1 Å². The van der Waals surface area contributed by atoms with Crippen molar-refractivity contribution in [2.24, 2.45) is 0 Å². The molecule has 0 atom stereocenters. The Morgan fingerprint density at radius 2 is 2.06 bits per heavy atom. The number of hydrogen-bond donors (Lipinski definition) is 0. The Labute approximate surface area is 106 Å². The first-order chi connectivity index (χ1) is 8.56. The van der Waals surface area contributed by atoms with Crippen LogP contribution < -0.4 is 9.80 Å². The van der Waals surface area contributed by atoms with Crippen LogP contribution in [0.3, 0.4) is 0 Å². The van der Waals surface area contributed by atoms with Crippen LogP contribution in [0.5, 0.6) is 0 Å². The Hall–Kier alpha value is -2.11. The monoisotopic (exact) mass is 247 g/mol. The minimum Gasteiger partial charge on any atom is -0.361 e. The number of rotatable bonds is 4. The largest absolute Gasteiger partial charge is 0.361 e. The molecule has 6 heteroatoms. The van der Waals surface area contributed by atoms with E-state index in [0.717, 1.165) is 17.3 Å². The van der Waals surface area contributed by atoms with Crippen molar-refractivity contribution >= 4 is 11.8 Å². The molecule has 2 aromatic rings. The number of hydrogen-bond acceptors (Lipinski definition) is 6. The van der Waals surface area contributed by atoms with Gasteiger partial charge in [-0.3, -0.25) is 0 Å². The lowest BCUT2D eigenvalue weighted by Gasteiger charge is -2.18. The van der Waals surface area contributed by atoms with Crippen molar-refractivity contribution in [2.45, 2.75) is 13.5 Å². The van der Waals surface area contributed by atoms with Crippen molar-refractivity contribution in [3.05, 3.63) is 29.8 Å². The third kappa shape index (κ3) is 2.77. The molecule has 18 heavy (non-hydrogen) atoms. The highest BCUT2D eigenvalue weighted by atomic mass is 16.5. The maximum absolute atomic E-state index is 5.05. The van der Waals surface area contributed by atoms with Gasteiger partial charge in [0.25, 0.3) is 0 Å². The first-order valence-electron chi connectivity index (χ1n) is 5.70. The molecule has 0 aromatic carbocycles. The van der Waals surface area contributed by atoms with E-state index in [1.807, 2.05) is 50.0 Å². The molecule has 0 radical (unpaired) electrons. The van der Waals surface area contributed by atoms with Crippen LogP contribution in [0.15, 0.2) is 22.9 Å². The van der Waals surface area contributed by atoms with Gasteiger partial charge in [0.15, 0.2) is 0 Å². The number of aromatic nitrogens is 3. The van der Waals surface area contributed by atoms with Crippen LogP contribution in [-0.4, -0.2) is 36.3 Å². The summed E-state index contributed by atoms with van der Waals surface area (Å²) in [4.78, 5) is 12.5. The van der Waals surface area contributed by atoms with Gasteiger partial charge in [0, 0.05) is 33.4 Å². The van der Waals surface area contributed by atoms with E-state index in [-0.39, 0.29) is 0 Å². The molecule has 0 amide bonds. The zero-order valence-electron chi connectivity index (χ0n) is 11.1. The van der Waals surface area contributed by atoms with Crippen LogP contribution in [0.1, 0.15) is 11.5 Å². The summed E-state index contributed by atoms with van der Waals surface area (Å²) >= 11 is 0. The quantitative estimate of drug-likeness (QED) is 0.815. The van der Waals surface area contributed by atoms with Crippen LogP contribution >= 0.6 is 0 Å². The van der Waals surface area contributed by atoms with Gasteiger partial charge in [0.2, 0.25) is 5.95 Å². The van der Waals surface area contributed by atoms with Gasteiger partial charge < -0.3 is 14.3 Å². The van der Waals surface area contributed by atoms with Crippen molar-refractivity contribution < 1.29 is 4.52 Å². The Morgan fingerprint density at radius 1 is 1.28 bits per heavy atom. The van der Waals surface area contributed by atoms with E-state index in [2.05, 4.69) is 15.1 Å². The fourth-order valence-corrected chi connectivity index (χ4v) is 1.58. The average Bonchev–Trinajstić information content (AvgIpc) is 2.75. The molecule has 0 spiro atoms. The highest BCUT2D eigenvalue weighted by molar-refractivity contribution is 5.42. The summed E-state index contributed by atoms with van der Waals surface area (Å²) in [6.07, 6.45) is 1.75. The number of nitrogens with zero attached hydrogens (tertiary/aromatic N) is 5. The molecule has 0 fully saturated rings. The molecule has 2 heterocycles. The molecule has 0 aliphatic carbocycles. The molecule has 0 aliphatic heterocycles. The highest BCUT2D eigenvalue weighted by Gasteiger charge is 2.08. The lowest BCUT2D eigenvalue weighted by Crippen LogP contribution is -2.20. The van der Waals surface area contributed by atoms with Crippen LogP contribution in [-0.2, 0) is 6.54 Å². The van der Waals surface area contributed by atoms with Gasteiger partial charge >= 0.3 is 0 Å². The molecule has 0 saturated carbocycles. The second-order valence-electron chi connectivity index (χ2n) is 4.39. The maximum Gasteiger partial charge on any atom is 0.226 e. The Morgan fingerprint density at radius 3 is 2.67 bits per heavy atom. The summed E-state index contributed by atoms with van der Waals surface area (Å²) in [6.45, 7) is 2.53. The van der Waals surface area contributed by atoms with Crippen molar-refractivity contribution in [2.75, 3.05) is 30.9 Å². The van der Waals surface area contributed by atoms with Crippen molar-refractivity contribution in [3.63, 3.8) is 0 Å². The molecule has 0 unspecified atom stereocenters. The molecule has 2 rings (SSSR count). The highest BCUT2D eigenvalue weighted by Crippen LogP contribution is 2.14. The van der Waals surface area contributed by atoms with E-state index in [1.54, 1.807) is 6.20 Å². The molecule has 0 N–H and O–H groups in total. The Bertz CT molecular complexity index is 523. The summed E-state index contributed by atoms with van der Waals surface area (Å²) in [5.74, 6) is 2.36. The lowest BCUT2D eigenvalue weighted by molar-refractivity contribution is 0.390. The summed E-state index contributed by atoms with van der Waals surface area (Å²) in [6, 6.07) is 3.80. The average molecular weight is 247 g/mol. The number of anilines is 2. The fraction of sp³-hybridized carbons (Fsp3) is 0.417. The standard InChI is InChI=1S/C12H17N5O/c1-9-7-10(15-18-9)8-17(4)11-5-6-13-12(14-11)16(2)3/h5-7H,8H2,1-4H3. The second-order valence-corrected chi connectivity index (χ2v) is 4.39. The van der Waals surface area contributed by atoms with Gasteiger partial charge in [-0.15, -0.1) is 0 Å². The molecular weight excluding hydrogens is 230 g/mol. The predicted molar refractivity (Wildman–Crippen MR) is 69.7 cm³/mol. The Balaban J connectivity index is 2.13. The summed E-state index contributed by atoms with van der Waals surface area (Å²) in [5, 5.41) is 3.97. The van der Waals surface area contributed by atoms with Crippen LogP contribution in [0, 0.1) is 6.92 Å². The van der Waals surface area contributed by atoms with Gasteiger partial charge in [-0.1, -0.05) is 5.16 Å². The molecule has 0 bridgehead atoms. The van der Waals surface area contributed by atoms with Gasteiger partial charge in [-0.25, -0.2) is 4.98 Å². The topological polar surface area (TPSA) is 58.3 Å². The third-order valence-corrected chi connectivity index (χ3v) is 2.50. The second kappa shape index (κ2) is 5.03. The van der Waals surface area contributed by atoms with E-state index in [0.29, 0.717) is 12.5 Å². The minimum atomic E-state index is 0.654. The molecule has 2 aromatic heterocycles. The van der Waals surface area contributed by atoms with Crippen LogP contribution in [0.2, 0.25) is 0 Å². The zero-order valence-corrected chi connectivity index (χ0v) is 11.1. The van der Waals surface area contributed by atoms with E-state index >= 15 is 0 Å². The van der Waals surface area contributed by atoms with Crippen molar-refractivity contribution in [3.8, 4) is 0 Å². The number of aryl methyl sites for hydroxylation is 1. The zero-order chi connectivity index (χ0) is 13.1. The molecule has 96 valence electrons. The van der Waals surface area contributed by atoms with E-state index in [9.17, 15) is 0 Å². The maximum atomic E-state index is 5.05. The van der Waals surface area contributed by atoms with Crippen LogP contribution in [0.4, 0.5) is 11.8 Å². The smallest absolute Gasteiger partial charge is 0.226 e. The predicted octanol–water partition coefficient (Wildman–Crippen LogP) is 1.48. The molecule has 6 nitrogen and oxygen atoms in total. The van der Waals surface area contributed by atoms with Gasteiger partial charge in [-0.2, -0.15) is 4.98 Å². The minimum absolute atomic E-state index is 0.654. The van der Waals surface area contributed by atoms with Crippen molar-refractivity contribution in [1.29, 1.82) is 0 Å². The third-order valence-electron chi connectivity index (χ3n) is 2.50. The SMILES string of the molecule is Cc1cc(CN(C)c2ccnc(N(C)C)n2)no1. The molecule has 0 saturated heterocycles. The normalized spacial score (nSPS) is 10.4. The molecular formula is C12H17N5O. The van der Waals surface area contributed by atoms with E-state index in [1.165, 1.54) is 0 Å². The summed E-state index contributed by atoms with van der Waals surface area (Å²) in [5.41, 5.74) is 0.889. The van der Waals surface area contributed by atoms with Gasteiger partial charge in [-0.05, 0) is 13.0 Å². The van der Waals surface area contributed by atoms with E-state index < -0.39 is 0 Å². The summed E-state index contributed by atoms with van der Waals surface area (Å²) < 4.78 is 5.05. The fourth-order valence-electron chi connectivity index (χ4n) is 1.58. The van der Waals surface area contributed by atoms with E-state index in [4.69, 9.17) is 4.52 Å². The molecule has 0 aliphatic rings. The summed E-state index contributed by atoms with van der Waals surface area (Å²) in [7, 11) is 5.80. The van der Waals surface area contributed by atoms with Crippen LogP contribution in [0.25, 0.3) is 0 Å². The van der Waals surface area contributed by atoms with Gasteiger partial charge in [0.1, 0.15) is 17.3 Å².